The van der Waals surface area contributed by atoms with E-state index in [1.165, 1.54) is 17.4 Å². The molecule has 150 valence electrons. The van der Waals surface area contributed by atoms with Gasteiger partial charge in [-0.25, -0.2) is 0 Å². The van der Waals surface area contributed by atoms with Crippen LogP contribution in [0.2, 0.25) is 0 Å². The van der Waals surface area contributed by atoms with Crippen LogP contribution < -0.4 is 9.64 Å². The Kier molecular flexibility index (Phi) is 6.00. The molecule has 1 saturated heterocycles. The molecule has 2 heterocycles. The van der Waals surface area contributed by atoms with Crippen molar-refractivity contribution in [2.24, 2.45) is 0 Å². The van der Waals surface area contributed by atoms with Gasteiger partial charge < -0.3 is 19.0 Å². The van der Waals surface area contributed by atoms with E-state index in [2.05, 4.69) is 27.2 Å². The van der Waals surface area contributed by atoms with Crippen LogP contribution in [0.15, 0.2) is 64.2 Å². The van der Waals surface area contributed by atoms with Crippen LogP contribution in [0, 0.1) is 0 Å². The molecular weight excluding hydrogens is 388 g/mol. The van der Waals surface area contributed by atoms with E-state index < -0.39 is 0 Å². The standard InChI is InChI=1S/C21H22N4O3S/c1-27-18-10-6-5-9-17(18)20-22-23-21(28-20)29-15-19(26)25-13-11-24(12-14-25)16-7-3-2-4-8-16/h2-10H,11-15H2,1H3. The first-order chi connectivity index (χ1) is 14.2. The van der Waals surface area contributed by atoms with E-state index in [1.54, 1.807) is 7.11 Å². The number of hydrogen-bond donors (Lipinski definition) is 0. The Balaban J connectivity index is 1.30. The van der Waals surface area contributed by atoms with E-state index >= 15 is 0 Å². The Labute approximate surface area is 173 Å². The lowest BCUT2D eigenvalue weighted by Gasteiger charge is -2.36. The van der Waals surface area contributed by atoms with Gasteiger partial charge in [0.25, 0.3) is 11.1 Å². The summed E-state index contributed by atoms with van der Waals surface area (Å²) in [5.41, 5.74) is 1.93. The summed E-state index contributed by atoms with van der Waals surface area (Å²) >= 11 is 1.26. The quantitative estimate of drug-likeness (QED) is 0.578. The molecule has 0 saturated carbocycles. The molecule has 1 aliphatic heterocycles. The second-order valence-electron chi connectivity index (χ2n) is 6.57. The molecular formula is C21H22N4O3S. The SMILES string of the molecule is COc1ccccc1-c1nnc(SCC(=O)N2CCN(c3ccccc3)CC2)o1. The molecule has 1 aliphatic rings. The van der Waals surface area contributed by atoms with Crippen molar-refractivity contribution in [3.63, 3.8) is 0 Å². The monoisotopic (exact) mass is 410 g/mol. The summed E-state index contributed by atoms with van der Waals surface area (Å²) in [4.78, 5) is 16.8. The number of amides is 1. The predicted octanol–water partition coefficient (Wildman–Crippen LogP) is 3.19. The minimum atomic E-state index is 0.0831. The fourth-order valence-electron chi connectivity index (χ4n) is 3.27. The van der Waals surface area contributed by atoms with Gasteiger partial charge in [-0.15, -0.1) is 10.2 Å². The lowest BCUT2D eigenvalue weighted by molar-refractivity contribution is -0.128. The molecule has 3 aromatic rings. The van der Waals surface area contributed by atoms with Crippen LogP contribution in [-0.4, -0.2) is 60.0 Å². The summed E-state index contributed by atoms with van der Waals surface area (Å²) in [5.74, 6) is 1.41. The van der Waals surface area contributed by atoms with Gasteiger partial charge in [0.1, 0.15) is 5.75 Å². The van der Waals surface area contributed by atoms with Gasteiger partial charge in [0.2, 0.25) is 5.91 Å². The van der Waals surface area contributed by atoms with Gasteiger partial charge in [-0.1, -0.05) is 42.1 Å². The molecule has 29 heavy (non-hydrogen) atoms. The predicted molar refractivity (Wildman–Crippen MR) is 112 cm³/mol. The number of anilines is 1. The van der Waals surface area contributed by atoms with E-state index in [1.807, 2.05) is 47.4 Å². The number of rotatable bonds is 6. The van der Waals surface area contributed by atoms with Crippen LogP contribution in [-0.2, 0) is 4.79 Å². The van der Waals surface area contributed by atoms with E-state index in [0.29, 0.717) is 30.0 Å². The number of thioether (sulfide) groups is 1. The number of methoxy groups -OCH3 is 1. The Morgan fingerprint density at radius 3 is 2.52 bits per heavy atom. The highest BCUT2D eigenvalue weighted by Crippen LogP contribution is 2.30. The average molecular weight is 410 g/mol. The minimum Gasteiger partial charge on any atom is -0.496 e. The Bertz CT molecular complexity index is 955. The Morgan fingerprint density at radius 1 is 1.03 bits per heavy atom. The maximum Gasteiger partial charge on any atom is 0.277 e. The zero-order valence-corrected chi connectivity index (χ0v) is 17.0. The topological polar surface area (TPSA) is 71.7 Å². The maximum atomic E-state index is 12.6. The summed E-state index contributed by atoms with van der Waals surface area (Å²) in [6.07, 6.45) is 0. The second kappa shape index (κ2) is 9.00. The molecule has 7 nitrogen and oxygen atoms in total. The van der Waals surface area contributed by atoms with Crippen molar-refractivity contribution in [3.05, 3.63) is 54.6 Å². The van der Waals surface area contributed by atoms with Crippen LogP contribution in [0.5, 0.6) is 5.75 Å². The second-order valence-corrected chi connectivity index (χ2v) is 7.49. The molecule has 0 spiro atoms. The van der Waals surface area contributed by atoms with Gasteiger partial charge in [-0.2, -0.15) is 0 Å². The van der Waals surface area contributed by atoms with Crippen molar-refractivity contribution in [2.75, 3.05) is 43.9 Å². The van der Waals surface area contributed by atoms with Crippen LogP contribution in [0.25, 0.3) is 11.5 Å². The molecule has 0 aliphatic carbocycles. The number of piperazine rings is 1. The molecule has 0 radical (unpaired) electrons. The van der Waals surface area contributed by atoms with Crippen molar-refractivity contribution < 1.29 is 13.9 Å². The van der Waals surface area contributed by atoms with Crippen LogP contribution in [0.1, 0.15) is 0 Å². The van der Waals surface area contributed by atoms with Gasteiger partial charge >= 0.3 is 0 Å². The Morgan fingerprint density at radius 2 is 1.76 bits per heavy atom. The van der Waals surface area contributed by atoms with Crippen molar-refractivity contribution in [1.29, 1.82) is 0 Å². The molecule has 2 aromatic carbocycles. The van der Waals surface area contributed by atoms with Crippen LogP contribution in [0.4, 0.5) is 5.69 Å². The third-order valence-electron chi connectivity index (χ3n) is 4.82. The minimum absolute atomic E-state index is 0.0831. The fraction of sp³-hybridized carbons (Fsp3) is 0.286. The first kappa shape index (κ1) is 19.3. The van der Waals surface area contributed by atoms with E-state index in [0.717, 1.165) is 18.7 Å². The highest BCUT2D eigenvalue weighted by molar-refractivity contribution is 7.99. The molecule has 0 bridgehead atoms. The number of benzene rings is 2. The summed E-state index contributed by atoms with van der Waals surface area (Å²) in [6, 6.07) is 17.7. The molecule has 1 fully saturated rings. The first-order valence-electron chi connectivity index (χ1n) is 9.42. The molecule has 1 amide bonds. The third kappa shape index (κ3) is 4.54. The van der Waals surface area contributed by atoms with Crippen LogP contribution >= 0.6 is 11.8 Å². The van der Waals surface area contributed by atoms with Crippen molar-refractivity contribution in [3.8, 4) is 17.2 Å². The summed E-state index contributed by atoms with van der Waals surface area (Å²) in [5, 5.41) is 8.51. The molecule has 1 aromatic heterocycles. The smallest absolute Gasteiger partial charge is 0.277 e. The number of carbonyl (C=O) groups is 1. The molecule has 0 N–H and O–H groups in total. The Hall–Kier alpha value is -3.00. The lowest BCUT2D eigenvalue weighted by Crippen LogP contribution is -2.49. The zero-order chi connectivity index (χ0) is 20.1. The number of para-hydroxylation sites is 2. The highest BCUT2D eigenvalue weighted by atomic mass is 32.2. The number of nitrogens with zero attached hydrogens (tertiary/aromatic N) is 4. The normalized spacial score (nSPS) is 14.1. The number of carbonyl (C=O) groups excluding carboxylic acids is 1. The number of ether oxygens (including phenoxy) is 1. The lowest BCUT2D eigenvalue weighted by atomic mass is 10.2. The third-order valence-corrected chi connectivity index (χ3v) is 5.62. The maximum absolute atomic E-state index is 12.6. The largest absolute Gasteiger partial charge is 0.496 e. The van der Waals surface area contributed by atoms with Crippen molar-refractivity contribution in [2.45, 2.75) is 5.22 Å². The average Bonchev–Trinajstić information content (AvgIpc) is 3.27. The molecule has 0 unspecified atom stereocenters. The van der Waals surface area contributed by atoms with Crippen molar-refractivity contribution >= 4 is 23.4 Å². The van der Waals surface area contributed by atoms with Gasteiger partial charge in [-0.3, -0.25) is 4.79 Å². The fourth-order valence-corrected chi connectivity index (χ4v) is 3.93. The molecule has 0 atom stereocenters. The first-order valence-corrected chi connectivity index (χ1v) is 10.4. The van der Waals surface area contributed by atoms with Gasteiger partial charge in [0.05, 0.1) is 18.4 Å². The summed E-state index contributed by atoms with van der Waals surface area (Å²) in [6.45, 7) is 3.09. The number of aromatic nitrogens is 2. The molecule has 4 rings (SSSR count). The highest BCUT2D eigenvalue weighted by Gasteiger charge is 2.22. The van der Waals surface area contributed by atoms with Gasteiger partial charge in [0.15, 0.2) is 0 Å². The summed E-state index contributed by atoms with van der Waals surface area (Å²) < 4.78 is 11.0. The number of hydrogen-bond acceptors (Lipinski definition) is 7. The van der Waals surface area contributed by atoms with Gasteiger partial charge in [-0.05, 0) is 24.3 Å². The van der Waals surface area contributed by atoms with Gasteiger partial charge in [0, 0.05) is 31.9 Å². The zero-order valence-electron chi connectivity index (χ0n) is 16.2. The van der Waals surface area contributed by atoms with E-state index in [-0.39, 0.29) is 11.7 Å². The van der Waals surface area contributed by atoms with E-state index in [4.69, 9.17) is 9.15 Å². The van der Waals surface area contributed by atoms with Crippen LogP contribution in [0.3, 0.4) is 0 Å². The van der Waals surface area contributed by atoms with Crippen molar-refractivity contribution in [1.82, 2.24) is 15.1 Å². The molecule has 8 heteroatoms. The van der Waals surface area contributed by atoms with E-state index in [9.17, 15) is 4.79 Å². The summed E-state index contributed by atoms with van der Waals surface area (Å²) in [7, 11) is 1.60.